The number of nitrogens with one attached hydrogen (secondary N) is 1. The van der Waals surface area contributed by atoms with Crippen molar-refractivity contribution in [3.05, 3.63) is 33.9 Å². The van der Waals surface area contributed by atoms with Gasteiger partial charge in [0.05, 0.1) is 19.1 Å². The first kappa shape index (κ1) is 17.4. The van der Waals surface area contributed by atoms with Crippen LogP contribution in [-0.2, 0) is 20.7 Å². The first-order chi connectivity index (χ1) is 10.4. The van der Waals surface area contributed by atoms with Gasteiger partial charge in [0.15, 0.2) is 5.75 Å². The maximum absolute atomic E-state index is 11.6. The molecule has 1 aromatic carbocycles. The van der Waals surface area contributed by atoms with Crippen LogP contribution >= 0.6 is 0 Å². The Balaban J connectivity index is 3.02. The Hall–Kier alpha value is -2.68. The van der Waals surface area contributed by atoms with E-state index in [1.807, 2.05) is 0 Å². The van der Waals surface area contributed by atoms with Crippen molar-refractivity contribution >= 4 is 17.6 Å². The second-order valence-corrected chi connectivity index (χ2v) is 4.27. The number of aliphatic hydroxyl groups excluding tert-OH is 1. The maximum Gasteiger partial charge on any atom is 0.328 e. The number of carbonyl (C=O) groups excluding carboxylic acids is 2. The normalized spacial score (nSPS) is 11.4. The average Bonchev–Trinajstić information content (AvgIpc) is 2.52. The number of hydrogen-bond donors (Lipinski definition) is 2. The number of aliphatic hydroxyl groups is 1. The Bertz CT molecular complexity index is 574. The van der Waals surface area contributed by atoms with Gasteiger partial charge in [-0.05, 0) is 11.6 Å². The Morgan fingerprint density at radius 1 is 1.41 bits per heavy atom. The first-order valence-electron chi connectivity index (χ1n) is 6.22. The molecule has 0 aliphatic rings. The van der Waals surface area contributed by atoms with E-state index in [1.54, 1.807) is 0 Å². The van der Waals surface area contributed by atoms with E-state index in [-0.39, 0.29) is 17.9 Å². The zero-order valence-corrected chi connectivity index (χ0v) is 12.1. The number of methoxy groups -OCH3 is 2. The highest BCUT2D eigenvalue weighted by Crippen LogP contribution is 2.28. The van der Waals surface area contributed by atoms with E-state index in [4.69, 9.17) is 9.84 Å². The van der Waals surface area contributed by atoms with Gasteiger partial charge in [-0.3, -0.25) is 14.9 Å². The molecule has 22 heavy (non-hydrogen) atoms. The molecule has 1 aromatic rings. The molecule has 0 unspecified atom stereocenters. The molecular formula is C13H16N2O7. The van der Waals surface area contributed by atoms with Crippen molar-refractivity contribution in [2.75, 3.05) is 20.8 Å². The van der Waals surface area contributed by atoms with E-state index in [1.165, 1.54) is 25.3 Å². The molecule has 0 aliphatic heterocycles. The Labute approximate surface area is 126 Å². The molecule has 0 aromatic heterocycles. The van der Waals surface area contributed by atoms with Gasteiger partial charge < -0.3 is 19.9 Å². The Kier molecular flexibility index (Phi) is 6.26. The molecule has 1 rings (SSSR count). The Morgan fingerprint density at radius 2 is 2.09 bits per heavy atom. The highest BCUT2D eigenvalue weighted by atomic mass is 16.6. The number of ether oxygens (including phenoxy) is 2. The number of benzene rings is 1. The molecule has 0 heterocycles. The fourth-order valence-corrected chi connectivity index (χ4v) is 1.82. The summed E-state index contributed by atoms with van der Waals surface area (Å²) in [5.41, 5.74) is 0.179. The van der Waals surface area contributed by atoms with Gasteiger partial charge in [-0.15, -0.1) is 0 Å². The van der Waals surface area contributed by atoms with Crippen LogP contribution in [0.1, 0.15) is 5.56 Å². The predicted octanol–water partition coefficient (Wildman–Crippen LogP) is -0.204. The standard InChI is InChI=1S/C13H16N2O7/c1-21-11-4-3-8(6-10(11)15(19)20)5-9(13(18)22-2)14-12(17)7-16/h3-4,6,9,16H,5,7H2,1-2H3,(H,14,17)/t9-/m0/s1. The second kappa shape index (κ2) is 7.93. The monoisotopic (exact) mass is 312 g/mol. The molecule has 9 nitrogen and oxygen atoms in total. The molecule has 0 fully saturated rings. The number of amides is 1. The highest BCUT2D eigenvalue weighted by Gasteiger charge is 2.23. The van der Waals surface area contributed by atoms with Gasteiger partial charge in [-0.1, -0.05) is 6.07 Å². The summed E-state index contributed by atoms with van der Waals surface area (Å²) in [5, 5.41) is 22.0. The molecule has 2 N–H and O–H groups in total. The summed E-state index contributed by atoms with van der Waals surface area (Å²) in [5.74, 6) is -1.39. The van der Waals surface area contributed by atoms with Gasteiger partial charge >= 0.3 is 11.7 Å². The van der Waals surface area contributed by atoms with E-state index >= 15 is 0 Å². The molecule has 9 heteroatoms. The minimum absolute atomic E-state index is 0.0246. The van der Waals surface area contributed by atoms with Gasteiger partial charge in [0.1, 0.15) is 12.6 Å². The molecule has 0 saturated heterocycles. The smallest absolute Gasteiger partial charge is 0.328 e. The van der Waals surface area contributed by atoms with Crippen LogP contribution in [0.25, 0.3) is 0 Å². The van der Waals surface area contributed by atoms with Crippen molar-refractivity contribution in [1.29, 1.82) is 0 Å². The lowest BCUT2D eigenvalue weighted by molar-refractivity contribution is -0.385. The summed E-state index contributed by atoms with van der Waals surface area (Å²) in [6.07, 6.45) is -0.0246. The lowest BCUT2D eigenvalue weighted by Crippen LogP contribution is -2.44. The molecule has 0 radical (unpaired) electrons. The minimum Gasteiger partial charge on any atom is -0.490 e. The predicted molar refractivity (Wildman–Crippen MR) is 74.4 cm³/mol. The number of nitro groups is 1. The lowest BCUT2D eigenvalue weighted by atomic mass is 10.0. The average molecular weight is 312 g/mol. The van der Waals surface area contributed by atoms with E-state index in [9.17, 15) is 19.7 Å². The molecule has 0 saturated carbocycles. The summed E-state index contributed by atoms with van der Waals surface area (Å²) < 4.78 is 9.44. The highest BCUT2D eigenvalue weighted by molar-refractivity contribution is 5.85. The zero-order chi connectivity index (χ0) is 16.7. The number of nitro benzene ring substituents is 1. The van der Waals surface area contributed by atoms with Gasteiger partial charge in [-0.2, -0.15) is 0 Å². The third-order valence-electron chi connectivity index (χ3n) is 2.84. The molecular weight excluding hydrogens is 296 g/mol. The fraction of sp³-hybridized carbons (Fsp3) is 0.385. The van der Waals surface area contributed by atoms with Crippen LogP contribution in [0.2, 0.25) is 0 Å². The van der Waals surface area contributed by atoms with Gasteiger partial charge in [-0.25, -0.2) is 4.79 Å². The van der Waals surface area contributed by atoms with Crippen LogP contribution in [0.5, 0.6) is 5.75 Å². The SMILES string of the molecule is COC(=O)[C@H](Cc1ccc(OC)c([N+](=O)[O-])c1)NC(=O)CO. The first-order valence-corrected chi connectivity index (χ1v) is 6.22. The molecule has 120 valence electrons. The van der Waals surface area contributed by atoms with Crippen molar-refractivity contribution in [2.24, 2.45) is 0 Å². The third-order valence-corrected chi connectivity index (χ3v) is 2.84. The van der Waals surface area contributed by atoms with Crippen LogP contribution in [-0.4, -0.2) is 48.8 Å². The number of carbonyl (C=O) groups is 2. The van der Waals surface area contributed by atoms with Gasteiger partial charge in [0.2, 0.25) is 5.91 Å². The van der Waals surface area contributed by atoms with Crippen molar-refractivity contribution in [3.63, 3.8) is 0 Å². The van der Waals surface area contributed by atoms with E-state index in [0.29, 0.717) is 5.56 Å². The van der Waals surface area contributed by atoms with E-state index in [0.717, 1.165) is 7.11 Å². The van der Waals surface area contributed by atoms with Gasteiger partial charge in [0.25, 0.3) is 0 Å². The largest absolute Gasteiger partial charge is 0.490 e. The summed E-state index contributed by atoms with van der Waals surface area (Å²) in [6, 6.07) is 3.13. The van der Waals surface area contributed by atoms with Crippen LogP contribution in [0.3, 0.4) is 0 Å². The molecule has 0 aliphatic carbocycles. The van der Waals surface area contributed by atoms with Crippen molar-refractivity contribution in [2.45, 2.75) is 12.5 Å². The second-order valence-electron chi connectivity index (χ2n) is 4.27. The Morgan fingerprint density at radius 3 is 2.59 bits per heavy atom. The van der Waals surface area contributed by atoms with E-state index < -0.39 is 29.4 Å². The number of hydrogen-bond acceptors (Lipinski definition) is 7. The van der Waals surface area contributed by atoms with Crippen molar-refractivity contribution in [1.82, 2.24) is 5.32 Å². The quantitative estimate of drug-likeness (QED) is 0.405. The summed E-state index contributed by atoms with van der Waals surface area (Å²) in [4.78, 5) is 33.2. The number of rotatable bonds is 7. The molecule has 1 amide bonds. The minimum atomic E-state index is -1.06. The van der Waals surface area contributed by atoms with Crippen LogP contribution in [0.15, 0.2) is 18.2 Å². The van der Waals surface area contributed by atoms with Crippen molar-refractivity contribution < 1.29 is 29.1 Å². The molecule has 0 bridgehead atoms. The summed E-state index contributed by atoms with van der Waals surface area (Å²) in [7, 11) is 2.46. The topological polar surface area (TPSA) is 128 Å². The molecule has 0 spiro atoms. The number of esters is 1. The third kappa shape index (κ3) is 4.42. The van der Waals surface area contributed by atoms with Crippen LogP contribution in [0, 0.1) is 10.1 Å². The zero-order valence-electron chi connectivity index (χ0n) is 12.1. The lowest BCUT2D eigenvalue weighted by Gasteiger charge is -2.16. The number of nitrogens with zero attached hydrogens (tertiary/aromatic N) is 1. The summed E-state index contributed by atoms with van der Waals surface area (Å²) in [6.45, 7) is -0.781. The summed E-state index contributed by atoms with van der Waals surface area (Å²) >= 11 is 0. The van der Waals surface area contributed by atoms with Crippen LogP contribution < -0.4 is 10.1 Å². The fourth-order valence-electron chi connectivity index (χ4n) is 1.82. The molecule has 1 atom stereocenters. The van der Waals surface area contributed by atoms with Crippen molar-refractivity contribution in [3.8, 4) is 5.75 Å². The van der Waals surface area contributed by atoms with Gasteiger partial charge in [0, 0.05) is 12.5 Å². The van der Waals surface area contributed by atoms with Crippen LogP contribution in [0.4, 0.5) is 5.69 Å². The van der Waals surface area contributed by atoms with E-state index in [2.05, 4.69) is 10.1 Å². The maximum atomic E-state index is 11.6.